The summed E-state index contributed by atoms with van der Waals surface area (Å²) in [4.78, 5) is 0. The minimum atomic E-state index is 0. The summed E-state index contributed by atoms with van der Waals surface area (Å²) in [5.41, 5.74) is 2.34. The number of benzene rings is 1. The van der Waals surface area contributed by atoms with E-state index < -0.39 is 0 Å². The van der Waals surface area contributed by atoms with Crippen molar-refractivity contribution in [2.75, 3.05) is 34.0 Å². The van der Waals surface area contributed by atoms with Gasteiger partial charge in [0.25, 0.3) is 0 Å². The normalized spacial score (nSPS) is 24.9. The zero-order valence-corrected chi connectivity index (χ0v) is 17.3. The molecular weight excluding hydrogens is 364 g/mol. The van der Waals surface area contributed by atoms with Crippen LogP contribution in [0.25, 0.3) is 0 Å². The topological polar surface area (TPSA) is 51.8 Å². The maximum atomic E-state index is 5.67. The summed E-state index contributed by atoms with van der Waals surface area (Å²) in [6, 6.07) is 5.28. The summed E-state index contributed by atoms with van der Waals surface area (Å²) in [6.07, 6.45) is 6.45. The Kier molecular flexibility index (Phi) is 8.90. The molecule has 1 aliphatic heterocycles. The lowest BCUT2D eigenvalue weighted by atomic mass is 9.93. The van der Waals surface area contributed by atoms with Crippen LogP contribution in [0.15, 0.2) is 24.8 Å². The van der Waals surface area contributed by atoms with E-state index in [4.69, 9.17) is 14.2 Å². The molecule has 1 saturated heterocycles. The number of hydrogen-bond acceptors (Lipinski definition) is 5. The van der Waals surface area contributed by atoms with Gasteiger partial charge in [0, 0.05) is 30.7 Å². The Bertz CT molecular complexity index is 605. The summed E-state index contributed by atoms with van der Waals surface area (Å²) in [5, 5.41) is 7.42. The molecule has 2 N–H and O–H groups in total. The van der Waals surface area contributed by atoms with Gasteiger partial charge in [-0.2, -0.15) is 0 Å². The second kappa shape index (κ2) is 10.9. The maximum absolute atomic E-state index is 5.67. The van der Waals surface area contributed by atoms with Gasteiger partial charge in [-0.3, -0.25) is 0 Å². The SMILES string of the molecule is C=CCc1cc(CNC2CCCC2C2COCCN2)cc(OC)c1OC.Cl. The lowest BCUT2D eigenvalue weighted by Gasteiger charge is -2.33. The molecule has 0 radical (unpaired) electrons. The Morgan fingerprint density at radius 3 is 2.81 bits per heavy atom. The van der Waals surface area contributed by atoms with Gasteiger partial charge in [-0.15, -0.1) is 19.0 Å². The second-order valence-corrected chi connectivity index (χ2v) is 7.20. The lowest BCUT2D eigenvalue weighted by Crippen LogP contribution is -2.50. The molecule has 152 valence electrons. The Hall–Kier alpha value is -1.27. The van der Waals surface area contributed by atoms with E-state index in [-0.39, 0.29) is 12.4 Å². The van der Waals surface area contributed by atoms with Crippen LogP contribution in [0.2, 0.25) is 0 Å². The molecule has 1 saturated carbocycles. The van der Waals surface area contributed by atoms with E-state index in [9.17, 15) is 0 Å². The van der Waals surface area contributed by atoms with Gasteiger partial charge in [0.05, 0.1) is 27.4 Å². The molecule has 3 rings (SSSR count). The molecule has 0 spiro atoms. The van der Waals surface area contributed by atoms with E-state index in [1.807, 2.05) is 6.08 Å². The van der Waals surface area contributed by atoms with E-state index in [1.165, 1.54) is 24.8 Å². The number of rotatable bonds is 8. The fourth-order valence-electron chi connectivity index (χ4n) is 4.35. The van der Waals surface area contributed by atoms with Crippen LogP contribution in [0.3, 0.4) is 0 Å². The molecule has 2 aliphatic rings. The van der Waals surface area contributed by atoms with Crippen molar-refractivity contribution < 1.29 is 14.2 Å². The Morgan fingerprint density at radius 1 is 1.30 bits per heavy atom. The third-order valence-corrected chi connectivity index (χ3v) is 5.58. The molecule has 0 aromatic heterocycles. The summed E-state index contributed by atoms with van der Waals surface area (Å²) in [5.74, 6) is 2.23. The Morgan fingerprint density at radius 2 is 2.15 bits per heavy atom. The zero-order valence-electron chi connectivity index (χ0n) is 16.5. The molecule has 6 heteroatoms. The van der Waals surface area contributed by atoms with Gasteiger partial charge in [0.15, 0.2) is 11.5 Å². The number of methoxy groups -OCH3 is 2. The highest BCUT2D eigenvalue weighted by Gasteiger charge is 2.34. The van der Waals surface area contributed by atoms with Gasteiger partial charge >= 0.3 is 0 Å². The van der Waals surface area contributed by atoms with Crippen molar-refractivity contribution in [3.63, 3.8) is 0 Å². The minimum absolute atomic E-state index is 0. The standard InChI is InChI=1S/C21H32N2O3.ClH/c1-4-6-16-11-15(12-20(24-2)21(16)25-3)13-23-18-8-5-7-17(18)19-14-26-10-9-22-19;/h4,11-12,17-19,22-23H,1,5-10,13-14H2,2-3H3;1H. The van der Waals surface area contributed by atoms with Crippen LogP contribution in [0.5, 0.6) is 11.5 Å². The third kappa shape index (κ3) is 5.38. The van der Waals surface area contributed by atoms with Crippen LogP contribution in [-0.2, 0) is 17.7 Å². The molecule has 1 heterocycles. The fourth-order valence-corrected chi connectivity index (χ4v) is 4.35. The number of allylic oxidation sites excluding steroid dienone is 1. The first-order valence-corrected chi connectivity index (χ1v) is 9.66. The van der Waals surface area contributed by atoms with E-state index in [1.54, 1.807) is 14.2 Å². The molecule has 3 atom stereocenters. The van der Waals surface area contributed by atoms with Crippen LogP contribution in [0, 0.1) is 5.92 Å². The van der Waals surface area contributed by atoms with Crippen molar-refractivity contribution in [2.24, 2.45) is 5.92 Å². The van der Waals surface area contributed by atoms with Gasteiger partial charge in [-0.05, 0) is 36.8 Å². The number of morpholine rings is 1. The summed E-state index contributed by atoms with van der Waals surface area (Å²) >= 11 is 0. The molecule has 2 fully saturated rings. The van der Waals surface area contributed by atoms with Gasteiger partial charge < -0.3 is 24.8 Å². The zero-order chi connectivity index (χ0) is 18.4. The van der Waals surface area contributed by atoms with Crippen LogP contribution in [0.4, 0.5) is 0 Å². The first-order chi connectivity index (χ1) is 12.8. The first kappa shape index (κ1) is 22.0. The molecule has 5 nitrogen and oxygen atoms in total. The largest absolute Gasteiger partial charge is 0.493 e. The molecule has 1 aliphatic carbocycles. The highest BCUT2D eigenvalue weighted by Crippen LogP contribution is 2.34. The number of nitrogens with one attached hydrogen (secondary N) is 2. The molecule has 0 amide bonds. The molecule has 1 aromatic rings. The molecule has 1 aromatic carbocycles. The monoisotopic (exact) mass is 396 g/mol. The number of halogens is 1. The van der Waals surface area contributed by atoms with E-state index >= 15 is 0 Å². The van der Waals surface area contributed by atoms with Gasteiger partial charge in [0.2, 0.25) is 0 Å². The van der Waals surface area contributed by atoms with E-state index in [2.05, 4.69) is 29.3 Å². The van der Waals surface area contributed by atoms with Gasteiger partial charge in [0.1, 0.15) is 0 Å². The van der Waals surface area contributed by atoms with Crippen LogP contribution < -0.4 is 20.1 Å². The Labute approximate surface area is 169 Å². The molecular formula is C21H33ClN2O3. The average Bonchev–Trinajstić information content (AvgIpc) is 3.15. The highest BCUT2D eigenvalue weighted by atomic mass is 35.5. The van der Waals surface area contributed by atoms with Crippen molar-refractivity contribution in [1.29, 1.82) is 0 Å². The predicted molar refractivity (Wildman–Crippen MR) is 111 cm³/mol. The fraction of sp³-hybridized carbons (Fsp3) is 0.619. The Balaban J connectivity index is 0.00000261. The summed E-state index contributed by atoms with van der Waals surface area (Å²) in [6.45, 7) is 7.32. The second-order valence-electron chi connectivity index (χ2n) is 7.20. The van der Waals surface area contributed by atoms with Gasteiger partial charge in [-0.1, -0.05) is 18.6 Å². The minimum Gasteiger partial charge on any atom is -0.493 e. The van der Waals surface area contributed by atoms with Crippen LogP contribution >= 0.6 is 12.4 Å². The maximum Gasteiger partial charge on any atom is 0.164 e. The van der Waals surface area contributed by atoms with Crippen molar-refractivity contribution in [3.05, 3.63) is 35.9 Å². The predicted octanol–water partition coefficient (Wildman–Crippen LogP) is 3.10. The summed E-state index contributed by atoms with van der Waals surface area (Å²) in [7, 11) is 3.37. The molecule has 3 unspecified atom stereocenters. The van der Waals surface area contributed by atoms with E-state index in [0.717, 1.165) is 49.8 Å². The third-order valence-electron chi connectivity index (χ3n) is 5.58. The molecule has 27 heavy (non-hydrogen) atoms. The van der Waals surface area contributed by atoms with Crippen molar-refractivity contribution in [3.8, 4) is 11.5 Å². The number of hydrogen-bond donors (Lipinski definition) is 2. The number of ether oxygens (including phenoxy) is 3. The van der Waals surface area contributed by atoms with E-state index in [0.29, 0.717) is 18.0 Å². The highest BCUT2D eigenvalue weighted by molar-refractivity contribution is 5.85. The van der Waals surface area contributed by atoms with Crippen molar-refractivity contribution >= 4 is 12.4 Å². The van der Waals surface area contributed by atoms with Crippen LogP contribution in [-0.4, -0.2) is 46.1 Å². The quantitative estimate of drug-likeness (QED) is 0.661. The van der Waals surface area contributed by atoms with Crippen LogP contribution in [0.1, 0.15) is 30.4 Å². The van der Waals surface area contributed by atoms with Gasteiger partial charge in [-0.25, -0.2) is 0 Å². The average molecular weight is 397 g/mol. The molecule has 0 bridgehead atoms. The van der Waals surface area contributed by atoms with Crippen molar-refractivity contribution in [2.45, 2.75) is 44.3 Å². The van der Waals surface area contributed by atoms with Crippen molar-refractivity contribution in [1.82, 2.24) is 10.6 Å². The first-order valence-electron chi connectivity index (χ1n) is 9.66. The summed E-state index contributed by atoms with van der Waals surface area (Å²) < 4.78 is 16.7. The smallest absolute Gasteiger partial charge is 0.164 e. The lowest BCUT2D eigenvalue weighted by molar-refractivity contribution is 0.0524.